The highest BCUT2D eigenvalue weighted by Gasteiger charge is 2.36. The van der Waals surface area contributed by atoms with Crippen LogP contribution in [0.25, 0.3) is 0 Å². The number of likely N-dealkylation sites (tertiary alicyclic amines) is 2. The molecule has 2 aliphatic heterocycles. The molecule has 186 valence electrons. The van der Waals surface area contributed by atoms with Gasteiger partial charge in [0.25, 0.3) is 11.8 Å². The maximum atomic E-state index is 13.5. The number of carbonyl (C=O) groups excluding carboxylic acids is 3. The Morgan fingerprint density at radius 3 is 2.06 bits per heavy atom. The number of ether oxygens (including phenoxy) is 1. The van der Waals surface area contributed by atoms with Gasteiger partial charge in [-0.3, -0.25) is 14.4 Å². The molecule has 3 amide bonds. The Morgan fingerprint density at radius 1 is 0.857 bits per heavy atom. The van der Waals surface area contributed by atoms with Gasteiger partial charge in [0.05, 0.1) is 7.11 Å². The monoisotopic (exact) mass is 481 g/mol. The summed E-state index contributed by atoms with van der Waals surface area (Å²) >= 11 is 0. The quantitative estimate of drug-likeness (QED) is 0.685. The van der Waals surface area contributed by atoms with Crippen molar-refractivity contribution in [3.05, 3.63) is 65.5 Å². The molecule has 0 bridgehead atoms. The number of rotatable bonds is 6. The maximum absolute atomic E-state index is 13.5. The van der Waals surface area contributed by atoms with Gasteiger partial charge >= 0.3 is 0 Å². The van der Waals surface area contributed by atoms with Crippen molar-refractivity contribution < 1.29 is 23.5 Å². The van der Waals surface area contributed by atoms with Crippen LogP contribution < -0.4 is 10.1 Å². The van der Waals surface area contributed by atoms with E-state index in [0.717, 1.165) is 19.3 Å². The number of carbonyl (C=O) groups is 3. The number of methoxy groups -OCH3 is 1. The Bertz CT molecular complexity index is 1030. The molecule has 2 aliphatic rings. The van der Waals surface area contributed by atoms with E-state index < -0.39 is 6.04 Å². The van der Waals surface area contributed by atoms with E-state index in [4.69, 9.17) is 4.74 Å². The number of benzene rings is 2. The molecule has 4 rings (SSSR count). The Kier molecular flexibility index (Phi) is 8.00. The zero-order valence-electron chi connectivity index (χ0n) is 20.0. The van der Waals surface area contributed by atoms with Crippen LogP contribution >= 0.6 is 0 Å². The summed E-state index contributed by atoms with van der Waals surface area (Å²) in [6.45, 7) is 2.36. The number of hydrogen-bond acceptors (Lipinski definition) is 4. The van der Waals surface area contributed by atoms with Gasteiger partial charge in [0.1, 0.15) is 17.6 Å². The lowest BCUT2D eigenvalue weighted by molar-refractivity contribution is -0.136. The highest BCUT2D eigenvalue weighted by Crippen LogP contribution is 2.25. The normalized spacial score (nSPS) is 17.5. The molecule has 2 heterocycles. The third-order valence-electron chi connectivity index (χ3n) is 6.96. The summed E-state index contributed by atoms with van der Waals surface area (Å²) in [6.07, 6.45) is 4.24. The minimum absolute atomic E-state index is 0.0464. The lowest BCUT2D eigenvalue weighted by Gasteiger charge is -2.38. The highest BCUT2D eigenvalue weighted by atomic mass is 19.1. The Morgan fingerprint density at radius 2 is 1.46 bits per heavy atom. The molecule has 2 aromatic carbocycles. The molecule has 2 fully saturated rings. The zero-order valence-corrected chi connectivity index (χ0v) is 20.0. The van der Waals surface area contributed by atoms with Gasteiger partial charge in [-0.1, -0.05) is 0 Å². The first-order chi connectivity index (χ1) is 17.0. The van der Waals surface area contributed by atoms with E-state index >= 15 is 0 Å². The van der Waals surface area contributed by atoms with Gasteiger partial charge in [-0.05, 0) is 86.6 Å². The van der Waals surface area contributed by atoms with Gasteiger partial charge in [-0.2, -0.15) is 0 Å². The first kappa shape index (κ1) is 24.7. The summed E-state index contributed by atoms with van der Waals surface area (Å²) < 4.78 is 18.4. The van der Waals surface area contributed by atoms with Gasteiger partial charge in [0.15, 0.2) is 0 Å². The van der Waals surface area contributed by atoms with Crippen LogP contribution in [0.1, 0.15) is 52.8 Å². The molecule has 1 atom stereocenters. The summed E-state index contributed by atoms with van der Waals surface area (Å²) in [5.74, 6) is -0.302. The van der Waals surface area contributed by atoms with Crippen LogP contribution in [0.4, 0.5) is 4.39 Å². The van der Waals surface area contributed by atoms with Crippen molar-refractivity contribution in [2.45, 2.75) is 38.1 Å². The summed E-state index contributed by atoms with van der Waals surface area (Å²) in [7, 11) is 1.57. The molecule has 2 saturated heterocycles. The van der Waals surface area contributed by atoms with E-state index in [1.807, 2.05) is 4.90 Å². The predicted molar refractivity (Wildman–Crippen MR) is 130 cm³/mol. The van der Waals surface area contributed by atoms with Crippen molar-refractivity contribution in [2.24, 2.45) is 5.92 Å². The number of amides is 3. The Hall–Kier alpha value is -3.42. The average Bonchev–Trinajstić information content (AvgIpc) is 2.92. The lowest BCUT2D eigenvalue weighted by atomic mass is 9.87. The predicted octanol–water partition coefficient (Wildman–Crippen LogP) is 3.50. The van der Waals surface area contributed by atoms with E-state index in [0.29, 0.717) is 55.9 Å². The molecule has 35 heavy (non-hydrogen) atoms. The fourth-order valence-corrected chi connectivity index (χ4v) is 4.87. The van der Waals surface area contributed by atoms with Crippen molar-refractivity contribution in [3.63, 3.8) is 0 Å². The largest absolute Gasteiger partial charge is 0.497 e. The molecule has 0 unspecified atom stereocenters. The van der Waals surface area contributed by atoms with Crippen LogP contribution in [0.5, 0.6) is 5.75 Å². The highest BCUT2D eigenvalue weighted by molar-refractivity contribution is 5.98. The molecular weight excluding hydrogens is 449 g/mol. The molecule has 2 aromatic rings. The van der Waals surface area contributed by atoms with Crippen molar-refractivity contribution >= 4 is 17.7 Å². The summed E-state index contributed by atoms with van der Waals surface area (Å²) in [5, 5.41) is 3.00. The number of piperidine rings is 2. The van der Waals surface area contributed by atoms with Gasteiger partial charge in [0.2, 0.25) is 5.91 Å². The molecule has 0 radical (unpaired) electrons. The minimum Gasteiger partial charge on any atom is -0.497 e. The Labute approximate surface area is 205 Å². The third kappa shape index (κ3) is 5.99. The first-order valence-corrected chi connectivity index (χ1v) is 12.2. The van der Waals surface area contributed by atoms with Crippen molar-refractivity contribution in [1.29, 1.82) is 0 Å². The molecule has 0 spiro atoms. The SMILES string of the molecule is COc1ccc(C(=O)N[C@H](C(=O)N2CCCCC2)C2CCN(C(=O)c3ccc(F)cc3)CC2)cc1. The smallest absolute Gasteiger partial charge is 0.253 e. The lowest BCUT2D eigenvalue weighted by Crippen LogP contribution is -2.55. The number of hydrogen-bond donors (Lipinski definition) is 1. The second-order valence-electron chi connectivity index (χ2n) is 9.20. The van der Waals surface area contributed by atoms with Crippen molar-refractivity contribution in [3.8, 4) is 5.75 Å². The second-order valence-corrected chi connectivity index (χ2v) is 9.20. The van der Waals surface area contributed by atoms with Crippen molar-refractivity contribution in [1.82, 2.24) is 15.1 Å². The maximum Gasteiger partial charge on any atom is 0.253 e. The second kappa shape index (κ2) is 11.3. The molecule has 7 nitrogen and oxygen atoms in total. The first-order valence-electron chi connectivity index (χ1n) is 12.2. The number of halogens is 1. The van der Waals surface area contributed by atoms with Gasteiger partial charge in [-0.15, -0.1) is 0 Å². The fraction of sp³-hybridized carbons (Fsp3) is 0.444. The zero-order chi connectivity index (χ0) is 24.8. The molecule has 8 heteroatoms. The van der Waals surface area contributed by atoms with Gasteiger partial charge in [0, 0.05) is 37.3 Å². The van der Waals surface area contributed by atoms with Crippen molar-refractivity contribution in [2.75, 3.05) is 33.3 Å². The summed E-state index contributed by atoms with van der Waals surface area (Å²) in [6, 6.07) is 11.7. The fourth-order valence-electron chi connectivity index (χ4n) is 4.87. The molecular formula is C27H32FN3O4. The molecule has 0 aromatic heterocycles. The van der Waals surface area contributed by atoms with Crippen LogP contribution in [0.15, 0.2) is 48.5 Å². The van der Waals surface area contributed by atoms with Crippen LogP contribution in [-0.2, 0) is 4.79 Å². The van der Waals surface area contributed by atoms with E-state index in [-0.39, 0.29) is 29.5 Å². The summed E-state index contributed by atoms with van der Waals surface area (Å²) in [4.78, 5) is 43.0. The minimum atomic E-state index is -0.647. The topological polar surface area (TPSA) is 79.0 Å². The number of nitrogens with zero attached hydrogens (tertiary/aromatic N) is 2. The average molecular weight is 482 g/mol. The molecule has 0 saturated carbocycles. The number of nitrogens with one attached hydrogen (secondary N) is 1. The molecule has 1 N–H and O–H groups in total. The van der Waals surface area contributed by atoms with E-state index in [1.165, 1.54) is 24.3 Å². The standard InChI is InChI=1S/C27H32FN3O4/c1-35-23-11-7-20(8-12-23)25(32)29-24(27(34)30-15-3-2-4-16-30)19-13-17-31(18-14-19)26(33)21-5-9-22(28)10-6-21/h5-12,19,24H,2-4,13-18H2,1H3,(H,29,32)/t24-/m0/s1. The van der Waals surface area contributed by atoms with E-state index in [2.05, 4.69) is 5.32 Å². The van der Waals surface area contributed by atoms with Crippen LogP contribution in [0, 0.1) is 11.7 Å². The van der Waals surface area contributed by atoms with E-state index in [1.54, 1.807) is 36.3 Å². The molecule has 0 aliphatic carbocycles. The van der Waals surface area contributed by atoms with Crippen LogP contribution in [-0.4, -0.2) is 66.9 Å². The van der Waals surface area contributed by atoms with Crippen LogP contribution in [0.2, 0.25) is 0 Å². The third-order valence-corrected chi connectivity index (χ3v) is 6.96. The van der Waals surface area contributed by atoms with E-state index in [9.17, 15) is 18.8 Å². The summed E-state index contributed by atoms with van der Waals surface area (Å²) in [5.41, 5.74) is 0.907. The Balaban J connectivity index is 1.45. The van der Waals surface area contributed by atoms with Crippen LogP contribution in [0.3, 0.4) is 0 Å². The van der Waals surface area contributed by atoms with Gasteiger partial charge in [-0.25, -0.2) is 4.39 Å². The van der Waals surface area contributed by atoms with Gasteiger partial charge < -0.3 is 19.9 Å².